The number of pyridine rings is 1. The number of rotatable bonds is 6. The summed E-state index contributed by atoms with van der Waals surface area (Å²) in [5.74, 6) is 0.673. The highest BCUT2D eigenvalue weighted by atomic mass is 15.2. The minimum atomic E-state index is 0.673. The molecule has 0 aliphatic heterocycles. The predicted octanol–water partition coefficient (Wildman–Crippen LogP) is 12.7. The van der Waals surface area contributed by atoms with Gasteiger partial charge in [-0.05, 0) is 47.3 Å². The molecule has 0 saturated heterocycles. The van der Waals surface area contributed by atoms with Crippen LogP contribution in [0.2, 0.25) is 0 Å². The third-order valence-corrected chi connectivity index (χ3v) is 10.8. The first-order valence-corrected chi connectivity index (χ1v) is 18.9. The van der Waals surface area contributed by atoms with Crippen molar-refractivity contribution in [1.29, 1.82) is 0 Å². The Labute approximate surface area is 323 Å². The van der Waals surface area contributed by atoms with Crippen molar-refractivity contribution in [1.82, 2.24) is 24.1 Å². The van der Waals surface area contributed by atoms with Crippen molar-refractivity contribution in [3.8, 4) is 62.0 Å². The summed E-state index contributed by atoms with van der Waals surface area (Å²) in [5, 5.41) is 9.81. The maximum Gasteiger partial charge on any atom is 0.161 e. The van der Waals surface area contributed by atoms with E-state index in [1.54, 1.807) is 0 Å². The molecule has 11 aromatic rings. The molecule has 7 aromatic carbocycles. The zero-order chi connectivity index (χ0) is 37.0. The van der Waals surface area contributed by atoms with Gasteiger partial charge in [-0.15, -0.1) is 0 Å². The third-order valence-electron chi connectivity index (χ3n) is 10.8. The molecule has 4 heterocycles. The van der Waals surface area contributed by atoms with Crippen LogP contribution in [0, 0.1) is 0 Å². The van der Waals surface area contributed by atoms with Gasteiger partial charge in [-0.2, -0.15) is 5.10 Å². The Kier molecular flexibility index (Phi) is 7.42. The van der Waals surface area contributed by atoms with Crippen molar-refractivity contribution < 1.29 is 0 Å². The van der Waals surface area contributed by atoms with Crippen LogP contribution < -0.4 is 0 Å². The summed E-state index contributed by atoms with van der Waals surface area (Å²) < 4.78 is 4.36. The van der Waals surface area contributed by atoms with Gasteiger partial charge in [0.2, 0.25) is 0 Å². The second kappa shape index (κ2) is 13.0. The Bertz CT molecular complexity index is 3170. The molecule has 0 amide bonds. The lowest BCUT2D eigenvalue weighted by Crippen LogP contribution is -1.98. The van der Waals surface area contributed by atoms with Crippen LogP contribution in [0.15, 0.2) is 200 Å². The zero-order valence-electron chi connectivity index (χ0n) is 30.3. The molecule has 0 aliphatic rings. The van der Waals surface area contributed by atoms with E-state index in [0.717, 1.165) is 72.4 Å². The molecule has 0 bridgehead atoms. The van der Waals surface area contributed by atoms with E-state index in [2.05, 4.69) is 193 Å². The lowest BCUT2D eigenvalue weighted by molar-refractivity contribution is 0.971. The fourth-order valence-electron chi connectivity index (χ4n) is 8.22. The normalized spacial score (nSPS) is 11.6. The van der Waals surface area contributed by atoms with Crippen molar-refractivity contribution in [2.24, 2.45) is 0 Å². The fraction of sp³-hybridized carbons (Fsp3) is 0. The maximum atomic E-state index is 5.31. The summed E-state index contributed by atoms with van der Waals surface area (Å²) in [6, 6.07) is 68.0. The molecular weight excluding hydrogens is 683 g/mol. The molecule has 11 rings (SSSR count). The molecular formula is C51H33N5. The minimum absolute atomic E-state index is 0.673. The average Bonchev–Trinajstić information content (AvgIpc) is 3.84. The molecule has 262 valence electrons. The van der Waals surface area contributed by atoms with Gasteiger partial charge in [-0.3, -0.25) is 0 Å². The first-order chi connectivity index (χ1) is 27.8. The van der Waals surface area contributed by atoms with E-state index >= 15 is 0 Å². The van der Waals surface area contributed by atoms with Crippen molar-refractivity contribution in [2.45, 2.75) is 0 Å². The Morgan fingerprint density at radius 3 is 1.57 bits per heavy atom. The van der Waals surface area contributed by atoms with Gasteiger partial charge in [0.05, 0.1) is 27.9 Å². The predicted molar refractivity (Wildman–Crippen MR) is 230 cm³/mol. The standard InChI is InChI=1S/C51H33N5/c1-4-15-34(16-5-1)44-33-45(35-27-29-38(30-28-35)56-46-25-12-10-21-40(46)41-22-11-13-26-47(41)56)53-51(52-44)43-24-14-23-42-39(43)31-32-55-50(42)48(36-17-6-2-7-18-36)49(54-55)37-19-8-3-9-20-37/h1-33H. The Balaban J connectivity index is 1.09. The Hall–Kier alpha value is -7.63. The number of hydrogen-bond donors (Lipinski definition) is 0. The van der Waals surface area contributed by atoms with Gasteiger partial charge < -0.3 is 4.57 Å². The van der Waals surface area contributed by atoms with Crippen LogP contribution in [0.25, 0.3) is 100 Å². The Morgan fingerprint density at radius 1 is 0.393 bits per heavy atom. The first kappa shape index (κ1) is 31.9. The fourth-order valence-corrected chi connectivity index (χ4v) is 8.22. The molecule has 56 heavy (non-hydrogen) atoms. The third kappa shape index (κ3) is 5.21. The van der Waals surface area contributed by atoms with E-state index in [4.69, 9.17) is 15.1 Å². The van der Waals surface area contributed by atoms with Gasteiger partial charge in [-0.1, -0.05) is 158 Å². The van der Waals surface area contributed by atoms with Crippen LogP contribution in [0.1, 0.15) is 0 Å². The molecule has 0 spiro atoms. The molecule has 0 unspecified atom stereocenters. The monoisotopic (exact) mass is 715 g/mol. The van der Waals surface area contributed by atoms with Crippen molar-refractivity contribution in [3.63, 3.8) is 0 Å². The quantitative estimate of drug-likeness (QED) is 0.172. The number of nitrogens with zero attached hydrogens (tertiary/aromatic N) is 5. The van der Waals surface area contributed by atoms with Crippen molar-refractivity contribution in [3.05, 3.63) is 200 Å². The lowest BCUT2D eigenvalue weighted by atomic mass is 9.96. The number of hydrogen-bond acceptors (Lipinski definition) is 3. The highest BCUT2D eigenvalue weighted by Crippen LogP contribution is 2.41. The van der Waals surface area contributed by atoms with Crippen LogP contribution in [-0.2, 0) is 0 Å². The Morgan fingerprint density at radius 2 is 0.929 bits per heavy atom. The van der Waals surface area contributed by atoms with Crippen LogP contribution >= 0.6 is 0 Å². The molecule has 0 aliphatic carbocycles. The van der Waals surface area contributed by atoms with E-state index in [1.807, 2.05) is 16.6 Å². The van der Waals surface area contributed by atoms with Gasteiger partial charge in [0, 0.05) is 55.9 Å². The van der Waals surface area contributed by atoms with Gasteiger partial charge in [-0.25, -0.2) is 14.5 Å². The summed E-state index contributed by atoms with van der Waals surface area (Å²) in [4.78, 5) is 10.6. The summed E-state index contributed by atoms with van der Waals surface area (Å²) in [6.07, 6.45) is 2.06. The van der Waals surface area contributed by atoms with E-state index in [0.29, 0.717) is 5.82 Å². The van der Waals surface area contributed by atoms with Crippen LogP contribution in [-0.4, -0.2) is 24.1 Å². The van der Waals surface area contributed by atoms with Gasteiger partial charge in [0.15, 0.2) is 5.82 Å². The van der Waals surface area contributed by atoms with Crippen LogP contribution in [0.5, 0.6) is 0 Å². The largest absolute Gasteiger partial charge is 0.309 e. The van der Waals surface area contributed by atoms with Gasteiger partial charge in [0.1, 0.15) is 5.69 Å². The highest BCUT2D eigenvalue weighted by molar-refractivity contribution is 6.11. The number of aromatic nitrogens is 5. The smallest absolute Gasteiger partial charge is 0.161 e. The van der Waals surface area contributed by atoms with E-state index < -0.39 is 0 Å². The van der Waals surface area contributed by atoms with Crippen LogP contribution in [0.4, 0.5) is 0 Å². The molecule has 0 saturated carbocycles. The van der Waals surface area contributed by atoms with Gasteiger partial charge in [0.25, 0.3) is 0 Å². The molecule has 5 heteroatoms. The maximum absolute atomic E-state index is 5.31. The molecule has 0 atom stereocenters. The lowest BCUT2D eigenvalue weighted by Gasteiger charge is -2.13. The molecule has 4 aromatic heterocycles. The molecule has 5 nitrogen and oxygen atoms in total. The second-order valence-corrected chi connectivity index (χ2v) is 14.1. The average molecular weight is 716 g/mol. The highest BCUT2D eigenvalue weighted by Gasteiger charge is 2.21. The van der Waals surface area contributed by atoms with E-state index in [-0.39, 0.29) is 0 Å². The van der Waals surface area contributed by atoms with Crippen molar-refractivity contribution >= 4 is 38.1 Å². The topological polar surface area (TPSA) is 48.0 Å². The summed E-state index contributed by atoms with van der Waals surface area (Å²) in [6.45, 7) is 0. The summed E-state index contributed by atoms with van der Waals surface area (Å²) >= 11 is 0. The summed E-state index contributed by atoms with van der Waals surface area (Å²) in [5.41, 5.74) is 13.5. The van der Waals surface area contributed by atoms with E-state index in [1.165, 1.54) is 21.8 Å². The van der Waals surface area contributed by atoms with Gasteiger partial charge >= 0.3 is 0 Å². The zero-order valence-corrected chi connectivity index (χ0v) is 30.3. The number of para-hydroxylation sites is 2. The SMILES string of the molecule is c1ccc(-c2cc(-c3ccc(-n4c5ccccc5c5ccccc54)cc3)nc(-c3cccc4c3ccn3nc(-c5ccccc5)c(-c5ccccc5)c43)n2)cc1. The number of benzene rings is 7. The minimum Gasteiger partial charge on any atom is -0.309 e. The van der Waals surface area contributed by atoms with E-state index in [9.17, 15) is 0 Å². The summed E-state index contributed by atoms with van der Waals surface area (Å²) in [7, 11) is 0. The first-order valence-electron chi connectivity index (χ1n) is 18.9. The van der Waals surface area contributed by atoms with Crippen LogP contribution in [0.3, 0.4) is 0 Å². The number of fused-ring (bicyclic) bond motifs is 6. The molecule has 0 fully saturated rings. The molecule has 0 N–H and O–H groups in total. The molecule has 0 radical (unpaired) electrons. The second-order valence-electron chi connectivity index (χ2n) is 14.1. The van der Waals surface area contributed by atoms with Crippen molar-refractivity contribution in [2.75, 3.05) is 0 Å².